The van der Waals surface area contributed by atoms with Gasteiger partial charge in [0.15, 0.2) is 23.0 Å². The first kappa shape index (κ1) is 25.7. The molecule has 2 atom stereocenters. The molecule has 0 aliphatic carbocycles. The summed E-state index contributed by atoms with van der Waals surface area (Å²) < 4.78 is 64.4. The Balaban J connectivity index is 1.30. The van der Waals surface area contributed by atoms with Crippen LogP contribution in [-0.2, 0) is 19.4 Å². The minimum absolute atomic E-state index is 0.163. The summed E-state index contributed by atoms with van der Waals surface area (Å²) in [6, 6.07) is 14.7. The zero-order valence-corrected chi connectivity index (χ0v) is 21.8. The zero-order chi connectivity index (χ0) is 27.1. The van der Waals surface area contributed by atoms with E-state index in [4.69, 9.17) is 18.9 Å². The van der Waals surface area contributed by atoms with Crippen LogP contribution in [0, 0.1) is 0 Å². The summed E-state index contributed by atoms with van der Waals surface area (Å²) in [4.78, 5) is 2.52. The molecule has 9 heteroatoms. The second-order valence-corrected chi connectivity index (χ2v) is 10.1. The lowest BCUT2D eigenvalue weighted by Gasteiger charge is -2.46. The van der Waals surface area contributed by atoms with Crippen molar-refractivity contribution in [1.29, 1.82) is 0 Å². The van der Waals surface area contributed by atoms with E-state index in [1.807, 2.05) is 6.07 Å². The summed E-state index contributed by atoms with van der Waals surface area (Å²) in [7, 11) is 3.33. The Morgan fingerprint density at radius 2 is 1.72 bits per heavy atom. The average molecular weight is 542 g/mol. The van der Waals surface area contributed by atoms with Crippen LogP contribution in [0.5, 0.6) is 28.7 Å². The Kier molecular flexibility index (Phi) is 6.71. The van der Waals surface area contributed by atoms with Crippen LogP contribution in [-0.4, -0.2) is 38.8 Å². The van der Waals surface area contributed by atoms with Crippen molar-refractivity contribution >= 4 is 0 Å². The highest BCUT2D eigenvalue weighted by molar-refractivity contribution is 5.56. The number of aryl methyl sites for hydroxylation is 1. The molecular weight excluding hydrogens is 511 g/mol. The van der Waals surface area contributed by atoms with Crippen molar-refractivity contribution in [3.8, 4) is 28.7 Å². The molecule has 0 radical (unpaired) electrons. The monoisotopic (exact) mass is 541 g/mol. The molecule has 0 fully saturated rings. The maximum absolute atomic E-state index is 12.5. The molecule has 0 saturated heterocycles. The van der Waals surface area contributed by atoms with Gasteiger partial charge in [-0.1, -0.05) is 18.2 Å². The van der Waals surface area contributed by atoms with Crippen LogP contribution in [0.2, 0.25) is 0 Å². The fourth-order valence-electron chi connectivity index (χ4n) is 6.33. The fraction of sp³-hybridized carbons (Fsp3) is 0.400. The number of hydrogen-bond donors (Lipinski definition) is 0. The first-order valence-corrected chi connectivity index (χ1v) is 13.1. The van der Waals surface area contributed by atoms with E-state index < -0.39 is 6.36 Å². The van der Waals surface area contributed by atoms with Gasteiger partial charge >= 0.3 is 6.36 Å². The minimum Gasteiger partial charge on any atom is -0.493 e. The smallest absolute Gasteiger partial charge is 0.493 e. The predicted octanol–water partition coefficient (Wildman–Crippen LogP) is 6.55. The molecule has 206 valence electrons. The van der Waals surface area contributed by atoms with Gasteiger partial charge in [-0.15, -0.1) is 13.2 Å². The lowest BCUT2D eigenvalue weighted by Crippen LogP contribution is -2.42. The van der Waals surface area contributed by atoms with Crippen LogP contribution in [0.4, 0.5) is 13.2 Å². The van der Waals surface area contributed by atoms with Crippen LogP contribution in [0.1, 0.15) is 52.6 Å². The average Bonchev–Trinajstić information content (AvgIpc) is 3.38. The van der Waals surface area contributed by atoms with Crippen molar-refractivity contribution in [2.24, 2.45) is 0 Å². The number of nitrogens with zero attached hydrogens (tertiary/aromatic N) is 1. The Bertz CT molecular complexity index is 1360. The fourth-order valence-corrected chi connectivity index (χ4v) is 6.33. The third-order valence-electron chi connectivity index (χ3n) is 7.98. The first-order valence-electron chi connectivity index (χ1n) is 13.1. The number of methoxy groups -OCH3 is 2. The summed E-state index contributed by atoms with van der Waals surface area (Å²) in [6.45, 7) is 1.91. The normalized spacial score (nSPS) is 19.6. The molecule has 3 aromatic rings. The summed E-state index contributed by atoms with van der Waals surface area (Å²) >= 11 is 0. The van der Waals surface area contributed by atoms with Crippen LogP contribution >= 0.6 is 0 Å². The highest BCUT2D eigenvalue weighted by Gasteiger charge is 2.41. The van der Waals surface area contributed by atoms with Crippen LogP contribution < -0.4 is 23.7 Å². The Hall–Kier alpha value is -3.59. The quantitative estimate of drug-likeness (QED) is 0.338. The third kappa shape index (κ3) is 4.95. The molecular formula is C30H30F3NO5. The summed E-state index contributed by atoms with van der Waals surface area (Å²) in [6.07, 6.45) is -1.28. The molecule has 3 aliphatic heterocycles. The van der Waals surface area contributed by atoms with Gasteiger partial charge in [0, 0.05) is 30.6 Å². The van der Waals surface area contributed by atoms with Gasteiger partial charge in [-0.3, -0.25) is 4.90 Å². The predicted molar refractivity (Wildman–Crippen MR) is 138 cm³/mol. The van der Waals surface area contributed by atoms with Crippen molar-refractivity contribution in [3.63, 3.8) is 0 Å². The minimum atomic E-state index is -4.70. The van der Waals surface area contributed by atoms with Gasteiger partial charge in [-0.05, 0) is 78.3 Å². The summed E-state index contributed by atoms with van der Waals surface area (Å²) in [5.41, 5.74) is 5.92. The van der Waals surface area contributed by atoms with E-state index in [1.165, 1.54) is 28.8 Å². The largest absolute Gasteiger partial charge is 0.573 e. The van der Waals surface area contributed by atoms with E-state index in [2.05, 4.69) is 27.8 Å². The van der Waals surface area contributed by atoms with Crippen LogP contribution in [0.15, 0.2) is 48.5 Å². The number of halogens is 3. The van der Waals surface area contributed by atoms with Gasteiger partial charge in [-0.2, -0.15) is 0 Å². The van der Waals surface area contributed by atoms with E-state index in [-0.39, 0.29) is 24.5 Å². The van der Waals surface area contributed by atoms with E-state index in [0.29, 0.717) is 0 Å². The van der Waals surface area contributed by atoms with E-state index >= 15 is 0 Å². The zero-order valence-electron chi connectivity index (χ0n) is 21.8. The van der Waals surface area contributed by atoms with Crippen molar-refractivity contribution in [3.05, 3.63) is 76.3 Å². The summed E-state index contributed by atoms with van der Waals surface area (Å²) in [5.74, 6) is 3.06. The second kappa shape index (κ2) is 10.2. The molecule has 39 heavy (non-hydrogen) atoms. The molecule has 6 rings (SSSR count). The van der Waals surface area contributed by atoms with E-state index in [1.54, 1.807) is 26.4 Å². The topological polar surface area (TPSA) is 49.4 Å². The van der Waals surface area contributed by atoms with Crippen molar-refractivity contribution in [2.75, 3.05) is 27.6 Å². The molecule has 0 spiro atoms. The second-order valence-electron chi connectivity index (χ2n) is 10.1. The molecule has 0 amide bonds. The number of ether oxygens (including phenoxy) is 5. The Labute approximate surface area is 225 Å². The molecule has 0 aromatic heterocycles. The van der Waals surface area contributed by atoms with Gasteiger partial charge in [0.05, 0.1) is 14.2 Å². The standard InChI is InChI=1S/C30H30F3NO5/c1-35-25-11-10-21-22(5-3-4-18-6-8-20(9-7-18)39-30(31,32)33)28-23-15-27-26(37-17-38-27)14-19(23)12-13-34(28)16-24(21)29(25)36-2/h6-11,14-15,22,28H,3-5,12-13,16-17H2,1-2H3. The maximum atomic E-state index is 12.5. The van der Waals surface area contributed by atoms with Crippen molar-refractivity contribution < 1.29 is 36.9 Å². The lowest BCUT2D eigenvalue weighted by molar-refractivity contribution is -0.274. The van der Waals surface area contributed by atoms with Crippen LogP contribution in [0.25, 0.3) is 0 Å². The van der Waals surface area contributed by atoms with E-state index in [9.17, 15) is 13.2 Å². The first-order chi connectivity index (χ1) is 18.8. The molecule has 3 heterocycles. The van der Waals surface area contributed by atoms with E-state index in [0.717, 1.165) is 72.9 Å². The Morgan fingerprint density at radius 3 is 2.44 bits per heavy atom. The Morgan fingerprint density at radius 1 is 0.949 bits per heavy atom. The van der Waals surface area contributed by atoms with Crippen molar-refractivity contribution in [1.82, 2.24) is 4.90 Å². The number of benzene rings is 3. The molecule has 2 unspecified atom stereocenters. The highest BCUT2D eigenvalue weighted by atomic mass is 19.4. The third-order valence-corrected chi connectivity index (χ3v) is 7.98. The highest BCUT2D eigenvalue weighted by Crippen LogP contribution is 2.53. The molecule has 0 N–H and O–H groups in total. The van der Waals surface area contributed by atoms with Crippen molar-refractivity contribution in [2.45, 2.75) is 50.6 Å². The summed E-state index contributed by atoms with van der Waals surface area (Å²) in [5, 5.41) is 0. The number of alkyl halides is 3. The molecule has 0 saturated carbocycles. The molecule has 0 bridgehead atoms. The number of rotatable bonds is 7. The van der Waals surface area contributed by atoms with Gasteiger partial charge in [0.1, 0.15) is 5.75 Å². The maximum Gasteiger partial charge on any atom is 0.573 e. The number of fused-ring (bicyclic) bond motifs is 5. The van der Waals surface area contributed by atoms with Gasteiger partial charge in [0.25, 0.3) is 0 Å². The molecule has 6 nitrogen and oxygen atoms in total. The van der Waals surface area contributed by atoms with Crippen LogP contribution in [0.3, 0.4) is 0 Å². The molecule has 3 aliphatic rings. The van der Waals surface area contributed by atoms with Gasteiger partial charge < -0.3 is 23.7 Å². The molecule has 3 aromatic carbocycles. The number of hydrogen-bond acceptors (Lipinski definition) is 6. The SMILES string of the molecule is COc1ccc2c(c1OC)CN1CCc3cc4c(cc3C1C2CCCc1ccc(OC(F)(F)F)cc1)OCO4. The van der Waals surface area contributed by atoms with Gasteiger partial charge in [0.2, 0.25) is 6.79 Å². The lowest BCUT2D eigenvalue weighted by atomic mass is 9.74. The van der Waals surface area contributed by atoms with Gasteiger partial charge in [-0.25, -0.2) is 0 Å².